The van der Waals surface area contributed by atoms with E-state index in [0.29, 0.717) is 18.9 Å². The van der Waals surface area contributed by atoms with Crippen LogP contribution in [-0.4, -0.2) is 24.2 Å². The summed E-state index contributed by atoms with van der Waals surface area (Å²) in [5.74, 6) is -0.387. The molecule has 2 N–H and O–H groups in total. The summed E-state index contributed by atoms with van der Waals surface area (Å²) in [6, 6.07) is 14.6. The van der Waals surface area contributed by atoms with Crippen molar-refractivity contribution in [2.24, 2.45) is 0 Å². The summed E-state index contributed by atoms with van der Waals surface area (Å²) in [7, 11) is 0. The third-order valence-electron chi connectivity index (χ3n) is 2.63. The van der Waals surface area contributed by atoms with Crippen molar-refractivity contribution in [3.8, 4) is 5.75 Å². The molecule has 0 spiro atoms. The molecule has 0 atom stereocenters. The summed E-state index contributed by atoms with van der Waals surface area (Å²) < 4.78 is 6.70. The van der Waals surface area contributed by atoms with Crippen LogP contribution in [0.5, 0.6) is 5.75 Å². The van der Waals surface area contributed by atoms with Gasteiger partial charge in [0.25, 0.3) is 0 Å². The van der Waals surface area contributed by atoms with E-state index in [1.165, 1.54) is 9.64 Å². The number of benzene rings is 2. The van der Waals surface area contributed by atoms with Crippen molar-refractivity contribution in [3.05, 3.63) is 57.7 Å². The Morgan fingerprint density at radius 1 is 1.20 bits per heavy atom. The lowest BCUT2D eigenvalue weighted by Crippen LogP contribution is -2.11. The highest BCUT2D eigenvalue weighted by Gasteiger charge is 2.03. The van der Waals surface area contributed by atoms with Crippen molar-refractivity contribution in [1.82, 2.24) is 0 Å². The molecular formula is C15H14INO3. The van der Waals surface area contributed by atoms with E-state index in [0.717, 1.165) is 5.69 Å². The molecule has 0 bridgehead atoms. The van der Waals surface area contributed by atoms with Crippen LogP contribution in [-0.2, 0) is 0 Å². The van der Waals surface area contributed by atoms with Crippen LogP contribution in [0.25, 0.3) is 0 Å². The van der Waals surface area contributed by atoms with E-state index in [9.17, 15) is 4.79 Å². The van der Waals surface area contributed by atoms with Gasteiger partial charge in [-0.15, -0.1) is 0 Å². The van der Waals surface area contributed by atoms with Crippen molar-refractivity contribution in [2.75, 3.05) is 18.5 Å². The fourth-order valence-electron chi connectivity index (χ4n) is 1.65. The summed E-state index contributed by atoms with van der Waals surface area (Å²) in [5, 5.41) is 12.1. The lowest BCUT2D eigenvalue weighted by Gasteiger charge is -2.09. The largest absolute Gasteiger partial charge is 0.492 e. The van der Waals surface area contributed by atoms with Crippen LogP contribution in [0.1, 0.15) is 10.4 Å². The Kier molecular flexibility index (Phi) is 5.23. The van der Waals surface area contributed by atoms with Gasteiger partial charge in [0.1, 0.15) is 12.4 Å². The Bertz CT molecular complexity index is 584. The Balaban J connectivity index is 1.79. The number of ether oxygens (including phenoxy) is 1. The van der Waals surface area contributed by atoms with Gasteiger partial charge in [-0.3, -0.25) is 0 Å². The molecule has 2 aromatic carbocycles. The molecule has 0 aromatic heterocycles. The lowest BCUT2D eigenvalue weighted by molar-refractivity contribution is 0.0696. The van der Waals surface area contributed by atoms with Crippen LogP contribution in [0.3, 0.4) is 0 Å². The van der Waals surface area contributed by atoms with Crippen molar-refractivity contribution in [2.45, 2.75) is 0 Å². The summed E-state index contributed by atoms with van der Waals surface area (Å²) in [6.45, 7) is 1.12. The molecule has 0 heterocycles. The number of rotatable bonds is 6. The number of anilines is 1. The average Bonchev–Trinajstić information content (AvgIpc) is 2.46. The van der Waals surface area contributed by atoms with Gasteiger partial charge in [-0.2, -0.15) is 0 Å². The molecule has 0 saturated heterocycles. The van der Waals surface area contributed by atoms with Gasteiger partial charge in [0.2, 0.25) is 0 Å². The quantitative estimate of drug-likeness (QED) is 0.593. The zero-order chi connectivity index (χ0) is 14.4. The molecule has 2 aromatic rings. The Morgan fingerprint density at radius 3 is 2.65 bits per heavy atom. The summed E-state index contributed by atoms with van der Waals surface area (Å²) in [4.78, 5) is 10.8. The molecule has 5 heteroatoms. The second-order valence-corrected chi connectivity index (χ2v) is 5.36. The highest BCUT2D eigenvalue weighted by Crippen LogP contribution is 2.14. The Labute approximate surface area is 130 Å². The second kappa shape index (κ2) is 7.14. The second-order valence-electron chi connectivity index (χ2n) is 4.12. The van der Waals surface area contributed by atoms with Gasteiger partial charge >= 0.3 is 5.97 Å². The van der Waals surface area contributed by atoms with E-state index in [4.69, 9.17) is 9.84 Å². The molecule has 0 aliphatic rings. The van der Waals surface area contributed by atoms with Gasteiger partial charge in [-0.05, 0) is 65.1 Å². The van der Waals surface area contributed by atoms with E-state index in [1.807, 2.05) is 24.3 Å². The first-order chi connectivity index (χ1) is 9.65. The highest BCUT2D eigenvalue weighted by molar-refractivity contribution is 14.1. The van der Waals surface area contributed by atoms with Crippen molar-refractivity contribution >= 4 is 34.2 Å². The van der Waals surface area contributed by atoms with Gasteiger partial charge in [-0.1, -0.05) is 6.07 Å². The molecule has 0 aliphatic carbocycles. The van der Waals surface area contributed by atoms with Crippen LogP contribution in [0.2, 0.25) is 0 Å². The maximum absolute atomic E-state index is 10.8. The van der Waals surface area contributed by atoms with E-state index >= 15 is 0 Å². The number of hydrogen-bond acceptors (Lipinski definition) is 3. The maximum atomic E-state index is 10.8. The van der Waals surface area contributed by atoms with Crippen LogP contribution >= 0.6 is 22.6 Å². The summed E-state index contributed by atoms with van der Waals surface area (Å²) in [6.07, 6.45) is 0. The minimum atomic E-state index is -0.951. The predicted molar refractivity (Wildman–Crippen MR) is 86.5 cm³/mol. The first-order valence-corrected chi connectivity index (χ1v) is 7.18. The molecule has 2 rings (SSSR count). The topological polar surface area (TPSA) is 58.6 Å². The fraction of sp³-hybridized carbons (Fsp3) is 0.133. The maximum Gasteiger partial charge on any atom is 0.335 e. The third kappa shape index (κ3) is 4.41. The molecule has 0 amide bonds. The zero-order valence-electron chi connectivity index (χ0n) is 10.7. The summed E-state index contributed by atoms with van der Waals surface area (Å²) in [5.41, 5.74) is 1.27. The number of carboxylic acids is 1. The van der Waals surface area contributed by atoms with Gasteiger partial charge in [0.05, 0.1) is 5.56 Å². The Morgan fingerprint density at radius 2 is 1.95 bits per heavy atom. The molecule has 20 heavy (non-hydrogen) atoms. The average molecular weight is 383 g/mol. The minimum absolute atomic E-state index is 0.230. The number of halogens is 1. The molecule has 0 unspecified atom stereocenters. The van der Waals surface area contributed by atoms with Crippen LogP contribution in [0.4, 0.5) is 5.69 Å². The molecule has 4 nitrogen and oxygen atoms in total. The van der Waals surface area contributed by atoms with Crippen molar-refractivity contribution in [1.29, 1.82) is 0 Å². The van der Waals surface area contributed by atoms with Crippen molar-refractivity contribution < 1.29 is 14.6 Å². The first-order valence-electron chi connectivity index (χ1n) is 6.11. The van der Waals surface area contributed by atoms with Crippen LogP contribution < -0.4 is 10.1 Å². The SMILES string of the molecule is O=C(O)c1cccc(OCCNc2ccc(I)cc2)c1. The Hall–Kier alpha value is -1.76. The third-order valence-corrected chi connectivity index (χ3v) is 3.34. The molecule has 0 saturated carbocycles. The molecule has 104 valence electrons. The standard InChI is InChI=1S/C15H14INO3/c16-12-4-6-13(7-5-12)17-8-9-20-14-3-1-2-11(10-14)15(18)19/h1-7,10,17H,8-9H2,(H,18,19). The number of aromatic carboxylic acids is 1. The number of hydrogen-bond donors (Lipinski definition) is 2. The molecular weight excluding hydrogens is 369 g/mol. The van der Waals surface area contributed by atoms with E-state index in [-0.39, 0.29) is 5.56 Å². The zero-order valence-corrected chi connectivity index (χ0v) is 12.8. The fourth-order valence-corrected chi connectivity index (χ4v) is 2.01. The highest BCUT2D eigenvalue weighted by atomic mass is 127. The predicted octanol–water partition coefficient (Wildman–Crippen LogP) is 3.48. The van der Waals surface area contributed by atoms with E-state index in [1.54, 1.807) is 18.2 Å². The van der Waals surface area contributed by atoms with Gasteiger partial charge < -0.3 is 15.2 Å². The van der Waals surface area contributed by atoms with Gasteiger partial charge in [0.15, 0.2) is 0 Å². The van der Waals surface area contributed by atoms with Crippen molar-refractivity contribution in [3.63, 3.8) is 0 Å². The first kappa shape index (κ1) is 14.6. The smallest absolute Gasteiger partial charge is 0.335 e. The number of carboxylic acid groups (broad SMARTS) is 1. The van der Waals surface area contributed by atoms with Gasteiger partial charge in [0, 0.05) is 15.8 Å². The molecule has 0 aliphatic heterocycles. The molecule has 0 radical (unpaired) electrons. The molecule has 0 fully saturated rings. The van der Waals surface area contributed by atoms with E-state index in [2.05, 4.69) is 27.9 Å². The van der Waals surface area contributed by atoms with Gasteiger partial charge in [-0.25, -0.2) is 4.79 Å². The van der Waals surface area contributed by atoms with Crippen LogP contribution in [0, 0.1) is 3.57 Å². The number of carbonyl (C=O) groups is 1. The van der Waals surface area contributed by atoms with E-state index < -0.39 is 5.97 Å². The minimum Gasteiger partial charge on any atom is -0.492 e. The number of nitrogens with one attached hydrogen (secondary N) is 1. The lowest BCUT2D eigenvalue weighted by atomic mass is 10.2. The van der Waals surface area contributed by atoms with Crippen LogP contribution in [0.15, 0.2) is 48.5 Å². The summed E-state index contributed by atoms with van der Waals surface area (Å²) >= 11 is 2.26. The normalized spacial score (nSPS) is 10.1. The monoisotopic (exact) mass is 383 g/mol.